The molecule has 6 heteroatoms. The topological polar surface area (TPSA) is 56.0 Å². The quantitative estimate of drug-likeness (QED) is 0.788. The van der Waals surface area contributed by atoms with Crippen LogP contribution in [0.4, 0.5) is 13.2 Å². The second-order valence-electron chi connectivity index (χ2n) is 2.69. The minimum absolute atomic E-state index is 0.153. The normalized spacial score (nSPS) is 11.4. The standard InChI is InChI=1S/C8H7F3N2O/c9-8(10,11)3-5-1-2-13-4-6(5)7(12)14/h1-2,4H,3H2,(H2,12,14). The Morgan fingerprint density at radius 2 is 2.14 bits per heavy atom. The van der Waals surface area contributed by atoms with Gasteiger partial charge in [0.25, 0.3) is 5.91 Å². The van der Waals surface area contributed by atoms with Crippen LogP contribution in [0.2, 0.25) is 0 Å². The highest BCUT2D eigenvalue weighted by Gasteiger charge is 2.29. The second kappa shape index (κ2) is 3.65. The maximum atomic E-state index is 12.0. The van der Waals surface area contributed by atoms with Crippen LogP contribution in [0, 0.1) is 0 Å². The maximum Gasteiger partial charge on any atom is 0.393 e. The fraction of sp³-hybridized carbons (Fsp3) is 0.250. The van der Waals surface area contributed by atoms with Crippen molar-refractivity contribution < 1.29 is 18.0 Å². The van der Waals surface area contributed by atoms with Gasteiger partial charge in [0.1, 0.15) is 0 Å². The summed E-state index contributed by atoms with van der Waals surface area (Å²) < 4.78 is 36.0. The van der Waals surface area contributed by atoms with Crippen molar-refractivity contribution in [3.8, 4) is 0 Å². The van der Waals surface area contributed by atoms with E-state index in [-0.39, 0.29) is 11.1 Å². The molecule has 1 aromatic heterocycles. The number of nitrogens with zero attached hydrogens (tertiary/aromatic N) is 1. The van der Waals surface area contributed by atoms with E-state index < -0.39 is 18.5 Å². The van der Waals surface area contributed by atoms with Gasteiger partial charge in [0.15, 0.2) is 0 Å². The number of aromatic nitrogens is 1. The third-order valence-electron chi connectivity index (χ3n) is 1.57. The number of primary amides is 1. The summed E-state index contributed by atoms with van der Waals surface area (Å²) in [5, 5.41) is 0. The van der Waals surface area contributed by atoms with Crippen molar-refractivity contribution in [3.63, 3.8) is 0 Å². The summed E-state index contributed by atoms with van der Waals surface area (Å²) in [6.45, 7) is 0. The number of pyridine rings is 1. The molecule has 0 fully saturated rings. The van der Waals surface area contributed by atoms with Gasteiger partial charge in [0.05, 0.1) is 12.0 Å². The molecule has 3 nitrogen and oxygen atoms in total. The SMILES string of the molecule is NC(=O)c1cnccc1CC(F)(F)F. The summed E-state index contributed by atoms with van der Waals surface area (Å²) in [6.07, 6.45) is -3.31. The molecule has 0 radical (unpaired) electrons. The summed E-state index contributed by atoms with van der Waals surface area (Å²) in [7, 11) is 0. The molecule has 2 N–H and O–H groups in total. The van der Waals surface area contributed by atoms with Crippen LogP contribution in [-0.2, 0) is 6.42 Å². The molecule has 1 amide bonds. The first-order valence-electron chi connectivity index (χ1n) is 3.69. The third kappa shape index (κ3) is 2.72. The molecule has 0 saturated heterocycles. The summed E-state index contributed by atoms with van der Waals surface area (Å²) in [5.74, 6) is -0.905. The monoisotopic (exact) mass is 204 g/mol. The lowest BCUT2D eigenvalue weighted by molar-refractivity contribution is -0.127. The number of halogens is 3. The summed E-state index contributed by atoms with van der Waals surface area (Å²) in [6, 6.07) is 1.13. The summed E-state index contributed by atoms with van der Waals surface area (Å²) in [4.78, 5) is 14.3. The molecule has 0 spiro atoms. The highest BCUT2D eigenvalue weighted by Crippen LogP contribution is 2.22. The zero-order chi connectivity index (χ0) is 10.8. The highest BCUT2D eigenvalue weighted by molar-refractivity contribution is 5.93. The van der Waals surface area contributed by atoms with E-state index in [0.717, 1.165) is 12.3 Å². The van der Waals surface area contributed by atoms with Crippen LogP contribution in [0.15, 0.2) is 18.5 Å². The van der Waals surface area contributed by atoms with Crippen LogP contribution in [-0.4, -0.2) is 17.1 Å². The molecule has 0 bridgehead atoms. The average Bonchev–Trinajstić information content (AvgIpc) is 2.01. The van der Waals surface area contributed by atoms with Crippen LogP contribution in [0.1, 0.15) is 15.9 Å². The molecular weight excluding hydrogens is 197 g/mol. The zero-order valence-electron chi connectivity index (χ0n) is 7.01. The van der Waals surface area contributed by atoms with Gasteiger partial charge in [-0.15, -0.1) is 0 Å². The van der Waals surface area contributed by atoms with Crippen LogP contribution < -0.4 is 5.73 Å². The van der Waals surface area contributed by atoms with Crippen molar-refractivity contribution in [2.24, 2.45) is 5.73 Å². The van der Waals surface area contributed by atoms with E-state index in [4.69, 9.17) is 5.73 Å². The number of hydrogen-bond donors (Lipinski definition) is 1. The third-order valence-corrected chi connectivity index (χ3v) is 1.57. The number of hydrogen-bond acceptors (Lipinski definition) is 2. The van der Waals surface area contributed by atoms with Gasteiger partial charge in [-0.05, 0) is 11.6 Å². The number of rotatable bonds is 2. The predicted molar refractivity (Wildman–Crippen MR) is 42.5 cm³/mol. The first kappa shape index (κ1) is 10.5. The van der Waals surface area contributed by atoms with Gasteiger partial charge in [-0.25, -0.2) is 0 Å². The van der Waals surface area contributed by atoms with Crippen molar-refractivity contribution in [2.45, 2.75) is 12.6 Å². The minimum Gasteiger partial charge on any atom is -0.366 e. The zero-order valence-corrected chi connectivity index (χ0v) is 7.01. The highest BCUT2D eigenvalue weighted by atomic mass is 19.4. The van der Waals surface area contributed by atoms with Crippen molar-refractivity contribution in [3.05, 3.63) is 29.6 Å². The molecule has 0 unspecified atom stereocenters. The number of carbonyl (C=O) groups is 1. The molecule has 76 valence electrons. The first-order chi connectivity index (χ1) is 6.40. The number of nitrogens with two attached hydrogens (primary N) is 1. The fourth-order valence-electron chi connectivity index (χ4n) is 1.02. The Bertz CT molecular complexity index is 349. The largest absolute Gasteiger partial charge is 0.393 e. The first-order valence-corrected chi connectivity index (χ1v) is 3.69. The van der Waals surface area contributed by atoms with E-state index in [1.54, 1.807) is 0 Å². The molecule has 1 heterocycles. The van der Waals surface area contributed by atoms with Crippen molar-refractivity contribution >= 4 is 5.91 Å². The molecule has 0 aromatic carbocycles. The second-order valence-corrected chi connectivity index (χ2v) is 2.69. The molecule has 1 rings (SSSR count). The van der Waals surface area contributed by atoms with Gasteiger partial charge in [0, 0.05) is 12.4 Å². The van der Waals surface area contributed by atoms with Gasteiger partial charge in [-0.3, -0.25) is 9.78 Å². The van der Waals surface area contributed by atoms with E-state index in [2.05, 4.69) is 4.98 Å². The predicted octanol–water partition coefficient (Wildman–Crippen LogP) is 1.29. The lowest BCUT2D eigenvalue weighted by Crippen LogP contribution is -2.19. The molecule has 0 aliphatic carbocycles. The molecular formula is C8H7F3N2O. The molecule has 0 atom stereocenters. The Balaban J connectivity index is 3.02. The van der Waals surface area contributed by atoms with Crippen LogP contribution >= 0.6 is 0 Å². The van der Waals surface area contributed by atoms with E-state index in [1.165, 1.54) is 6.20 Å². The Morgan fingerprint density at radius 1 is 1.50 bits per heavy atom. The summed E-state index contributed by atoms with van der Waals surface area (Å²) >= 11 is 0. The lowest BCUT2D eigenvalue weighted by atomic mass is 10.1. The van der Waals surface area contributed by atoms with E-state index >= 15 is 0 Å². The van der Waals surface area contributed by atoms with Crippen molar-refractivity contribution in [2.75, 3.05) is 0 Å². The number of amides is 1. The smallest absolute Gasteiger partial charge is 0.366 e. The van der Waals surface area contributed by atoms with Gasteiger partial charge in [-0.1, -0.05) is 0 Å². The Hall–Kier alpha value is -1.59. The lowest BCUT2D eigenvalue weighted by Gasteiger charge is -2.08. The van der Waals surface area contributed by atoms with Gasteiger partial charge >= 0.3 is 6.18 Å². The Morgan fingerprint density at radius 3 is 2.64 bits per heavy atom. The van der Waals surface area contributed by atoms with Gasteiger partial charge < -0.3 is 5.73 Å². The van der Waals surface area contributed by atoms with Crippen LogP contribution in [0.3, 0.4) is 0 Å². The minimum atomic E-state index is -4.36. The number of alkyl halides is 3. The Labute approximate surface area is 77.7 Å². The Kier molecular flexibility index (Phi) is 2.73. The van der Waals surface area contributed by atoms with Crippen LogP contribution in [0.5, 0.6) is 0 Å². The van der Waals surface area contributed by atoms with Crippen LogP contribution in [0.25, 0.3) is 0 Å². The molecule has 1 aromatic rings. The van der Waals surface area contributed by atoms with E-state index in [9.17, 15) is 18.0 Å². The fourth-order valence-corrected chi connectivity index (χ4v) is 1.02. The van der Waals surface area contributed by atoms with Gasteiger partial charge in [0.2, 0.25) is 0 Å². The average molecular weight is 204 g/mol. The van der Waals surface area contributed by atoms with Crippen molar-refractivity contribution in [1.82, 2.24) is 4.98 Å². The maximum absolute atomic E-state index is 12.0. The molecule has 0 aliphatic heterocycles. The molecule has 0 saturated carbocycles. The molecule has 0 aliphatic rings. The molecule has 14 heavy (non-hydrogen) atoms. The van der Waals surface area contributed by atoms with E-state index in [1.807, 2.05) is 0 Å². The number of carbonyl (C=O) groups excluding carboxylic acids is 1. The van der Waals surface area contributed by atoms with E-state index in [0.29, 0.717) is 0 Å². The van der Waals surface area contributed by atoms with Crippen molar-refractivity contribution in [1.29, 1.82) is 0 Å². The summed E-state index contributed by atoms with van der Waals surface area (Å²) in [5.41, 5.74) is 4.54. The van der Waals surface area contributed by atoms with Gasteiger partial charge in [-0.2, -0.15) is 13.2 Å².